The zero-order chi connectivity index (χ0) is 13.0. The number of carbonyl (C=O) groups is 1. The minimum Gasteiger partial charge on any atom is -0.352 e. The van der Waals surface area contributed by atoms with Crippen molar-refractivity contribution in [3.8, 4) is 0 Å². The van der Waals surface area contributed by atoms with E-state index in [-0.39, 0.29) is 18.3 Å². The molecule has 0 aliphatic carbocycles. The molecule has 1 saturated heterocycles. The Hall–Kier alpha value is -0.770. The molecular weight excluding hydrogens is 283 g/mol. The van der Waals surface area contributed by atoms with Gasteiger partial charge in [-0.3, -0.25) is 4.79 Å². The van der Waals surface area contributed by atoms with Crippen LogP contribution in [0.2, 0.25) is 5.02 Å². The molecule has 5 heteroatoms. The van der Waals surface area contributed by atoms with E-state index in [1.165, 1.54) is 12.8 Å². The molecule has 0 bridgehead atoms. The molecule has 0 saturated carbocycles. The van der Waals surface area contributed by atoms with Crippen LogP contribution >= 0.6 is 24.0 Å². The van der Waals surface area contributed by atoms with Gasteiger partial charge in [0.1, 0.15) is 0 Å². The van der Waals surface area contributed by atoms with Gasteiger partial charge in [-0.2, -0.15) is 0 Å². The Morgan fingerprint density at radius 2 is 2.26 bits per heavy atom. The van der Waals surface area contributed by atoms with Crippen molar-refractivity contribution in [3.63, 3.8) is 0 Å². The summed E-state index contributed by atoms with van der Waals surface area (Å²) >= 11 is 5.94. The lowest BCUT2D eigenvalue weighted by Crippen LogP contribution is -2.30. The van der Waals surface area contributed by atoms with Gasteiger partial charge in [0.25, 0.3) is 5.91 Å². The van der Waals surface area contributed by atoms with Gasteiger partial charge in [-0.25, -0.2) is 0 Å². The number of rotatable bonds is 4. The molecule has 1 amide bonds. The van der Waals surface area contributed by atoms with Crippen LogP contribution in [0.4, 0.5) is 0 Å². The number of nitrogens with one attached hydrogen (secondary N) is 2. The quantitative estimate of drug-likeness (QED) is 0.898. The highest BCUT2D eigenvalue weighted by Gasteiger charge is 2.14. The number of hydrogen-bond acceptors (Lipinski definition) is 2. The molecule has 19 heavy (non-hydrogen) atoms. The van der Waals surface area contributed by atoms with E-state index in [1.807, 2.05) is 19.1 Å². The normalized spacial score (nSPS) is 17.9. The average molecular weight is 303 g/mol. The second-order valence-electron chi connectivity index (χ2n) is 4.86. The van der Waals surface area contributed by atoms with Crippen molar-refractivity contribution in [1.29, 1.82) is 0 Å². The first-order valence-electron chi connectivity index (χ1n) is 6.44. The van der Waals surface area contributed by atoms with Gasteiger partial charge in [-0.15, -0.1) is 12.4 Å². The number of halogens is 2. The van der Waals surface area contributed by atoms with Gasteiger partial charge in [0, 0.05) is 23.2 Å². The first kappa shape index (κ1) is 16.3. The van der Waals surface area contributed by atoms with Gasteiger partial charge in [-0.1, -0.05) is 11.6 Å². The van der Waals surface area contributed by atoms with E-state index >= 15 is 0 Å². The number of hydrogen-bond donors (Lipinski definition) is 2. The molecular formula is C14H20Cl2N2O. The van der Waals surface area contributed by atoms with Gasteiger partial charge in [0.2, 0.25) is 0 Å². The van der Waals surface area contributed by atoms with Gasteiger partial charge in [-0.05, 0) is 56.5 Å². The van der Waals surface area contributed by atoms with Gasteiger partial charge < -0.3 is 10.6 Å². The highest BCUT2D eigenvalue weighted by atomic mass is 35.5. The third-order valence-electron chi connectivity index (χ3n) is 3.25. The van der Waals surface area contributed by atoms with Crippen molar-refractivity contribution in [2.75, 3.05) is 13.1 Å². The Bertz CT molecular complexity index is 411. The third-order valence-corrected chi connectivity index (χ3v) is 3.46. The summed E-state index contributed by atoms with van der Waals surface area (Å²) in [7, 11) is 0. The fraction of sp³-hybridized carbons (Fsp3) is 0.500. The summed E-state index contributed by atoms with van der Waals surface area (Å²) in [5.41, 5.74) is 1.64. The summed E-state index contributed by atoms with van der Waals surface area (Å²) in [6.45, 7) is 3.75. The molecule has 2 rings (SSSR count). The smallest absolute Gasteiger partial charge is 0.251 e. The van der Waals surface area contributed by atoms with Crippen molar-refractivity contribution in [2.45, 2.75) is 32.2 Å². The molecule has 1 aromatic rings. The minimum atomic E-state index is -0.0430. The Kier molecular flexibility index (Phi) is 6.63. The zero-order valence-electron chi connectivity index (χ0n) is 11.0. The fourth-order valence-electron chi connectivity index (χ4n) is 2.33. The average Bonchev–Trinajstić information content (AvgIpc) is 2.80. The lowest BCUT2D eigenvalue weighted by atomic mass is 10.1. The first-order chi connectivity index (χ1) is 8.65. The van der Waals surface area contributed by atoms with E-state index in [9.17, 15) is 4.79 Å². The molecule has 1 atom stereocenters. The van der Waals surface area contributed by atoms with Crippen molar-refractivity contribution >= 4 is 29.9 Å². The maximum absolute atomic E-state index is 11.9. The van der Waals surface area contributed by atoms with Gasteiger partial charge in [0.05, 0.1) is 0 Å². The fourth-order valence-corrected chi connectivity index (χ4v) is 2.62. The second-order valence-corrected chi connectivity index (χ2v) is 5.29. The lowest BCUT2D eigenvalue weighted by molar-refractivity contribution is 0.0952. The Morgan fingerprint density at radius 3 is 2.89 bits per heavy atom. The molecule has 0 aromatic heterocycles. The number of benzene rings is 1. The van der Waals surface area contributed by atoms with Crippen molar-refractivity contribution < 1.29 is 4.79 Å². The molecule has 1 fully saturated rings. The highest BCUT2D eigenvalue weighted by molar-refractivity contribution is 6.31. The largest absolute Gasteiger partial charge is 0.352 e. The third kappa shape index (κ3) is 5.01. The van der Waals surface area contributed by atoms with E-state index in [2.05, 4.69) is 10.6 Å². The van der Waals surface area contributed by atoms with Crippen LogP contribution in [-0.2, 0) is 0 Å². The van der Waals surface area contributed by atoms with Crippen molar-refractivity contribution in [3.05, 3.63) is 34.3 Å². The molecule has 3 nitrogen and oxygen atoms in total. The Balaban J connectivity index is 0.00000180. The molecule has 1 aromatic carbocycles. The predicted octanol–water partition coefficient (Wildman–Crippen LogP) is 2.94. The summed E-state index contributed by atoms with van der Waals surface area (Å²) in [4.78, 5) is 11.9. The van der Waals surface area contributed by atoms with Crippen molar-refractivity contribution in [1.82, 2.24) is 10.6 Å². The zero-order valence-corrected chi connectivity index (χ0v) is 12.6. The number of aryl methyl sites for hydroxylation is 1. The topological polar surface area (TPSA) is 41.1 Å². The molecule has 0 radical (unpaired) electrons. The van der Waals surface area contributed by atoms with Crippen molar-refractivity contribution in [2.24, 2.45) is 0 Å². The Morgan fingerprint density at radius 1 is 1.47 bits per heavy atom. The molecule has 0 spiro atoms. The summed E-state index contributed by atoms with van der Waals surface area (Å²) in [6.07, 6.45) is 3.45. The summed E-state index contributed by atoms with van der Waals surface area (Å²) in [5, 5.41) is 6.97. The van der Waals surface area contributed by atoms with Gasteiger partial charge in [0.15, 0.2) is 0 Å². The predicted molar refractivity (Wildman–Crippen MR) is 81.4 cm³/mol. The maximum atomic E-state index is 11.9. The van der Waals surface area contributed by atoms with Crippen LogP contribution in [0.5, 0.6) is 0 Å². The summed E-state index contributed by atoms with van der Waals surface area (Å²) in [5.74, 6) is -0.0430. The highest BCUT2D eigenvalue weighted by Crippen LogP contribution is 2.14. The number of amides is 1. The van der Waals surface area contributed by atoms with E-state index in [4.69, 9.17) is 11.6 Å². The number of carbonyl (C=O) groups excluding carboxylic acids is 1. The molecule has 1 aliphatic rings. The molecule has 2 N–H and O–H groups in total. The van der Waals surface area contributed by atoms with E-state index in [1.54, 1.807) is 6.07 Å². The Labute approximate surface area is 125 Å². The van der Waals surface area contributed by atoms with E-state index in [0.29, 0.717) is 23.2 Å². The SMILES string of the molecule is Cc1cc(Cl)cc(C(=O)NCC[C@H]2CCCN2)c1.Cl. The summed E-state index contributed by atoms with van der Waals surface area (Å²) in [6, 6.07) is 5.97. The van der Waals surface area contributed by atoms with Crippen LogP contribution < -0.4 is 10.6 Å². The second kappa shape index (κ2) is 7.73. The van der Waals surface area contributed by atoms with Crippen LogP contribution in [-0.4, -0.2) is 25.0 Å². The standard InChI is InChI=1S/C14H19ClN2O.ClH/c1-10-7-11(9-12(15)8-10)14(18)17-6-4-13-3-2-5-16-13;/h7-9,13,16H,2-6H2,1H3,(H,17,18);1H/t13-;/m1./s1. The molecule has 0 unspecified atom stereocenters. The lowest BCUT2D eigenvalue weighted by Gasteiger charge is -2.11. The van der Waals surface area contributed by atoms with E-state index in [0.717, 1.165) is 18.5 Å². The first-order valence-corrected chi connectivity index (χ1v) is 6.82. The van der Waals surface area contributed by atoms with Crippen LogP contribution in [0, 0.1) is 6.92 Å². The maximum Gasteiger partial charge on any atom is 0.251 e. The summed E-state index contributed by atoms with van der Waals surface area (Å²) < 4.78 is 0. The van der Waals surface area contributed by atoms with Crippen LogP contribution in [0.25, 0.3) is 0 Å². The van der Waals surface area contributed by atoms with Gasteiger partial charge >= 0.3 is 0 Å². The molecule has 1 aliphatic heterocycles. The monoisotopic (exact) mass is 302 g/mol. The molecule has 106 valence electrons. The minimum absolute atomic E-state index is 0. The molecule has 1 heterocycles. The van der Waals surface area contributed by atoms with Crippen LogP contribution in [0.3, 0.4) is 0 Å². The van der Waals surface area contributed by atoms with E-state index < -0.39 is 0 Å². The van der Waals surface area contributed by atoms with Crippen LogP contribution in [0.15, 0.2) is 18.2 Å². The van der Waals surface area contributed by atoms with Crippen LogP contribution in [0.1, 0.15) is 35.2 Å².